The summed E-state index contributed by atoms with van der Waals surface area (Å²) in [5.74, 6) is 0. The van der Waals surface area contributed by atoms with Crippen molar-refractivity contribution in [2.75, 3.05) is 26.4 Å². The van der Waals surface area contributed by atoms with Gasteiger partial charge in [-0.2, -0.15) is 0 Å². The number of nitrogens with zero attached hydrogens (tertiary/aromatic N) is 1. The number of alkyl halides is 2. The van der Waals surface area contributed by atoms with Crippen molar-refractivity contribution in [3.05, 3.63) is 0 Å². The minimum Gasteiger partial charge on any atom is -0.301 e. The summed E-state index contributed by atoms with van der Waals surface area (Å²) in [4.78, 5) is 2.11. The van der Waals surface area contributed by atoms with Gasteiger partial charge in [0.1, 0.15) is 0 Å². The van der Waals surface area contributed by atoms with E-state index in [0.29, 0.717) is 18.9 Å². The van der Waals surface area contributed by atoms with Gasteiger partial charge in [0.05, 0.1) is 13.3 Å². The molecule has 0 bridgehead atoms. The molecule has 0 aliphatic rings. The molecule has 0 aromatic heterocycles. The quantitative estimate of drug-likeness (QED) is 0.580. The van der Waals surface area contributed by atoms with Crippen LogP contribution in [0.2, 0.25) is 0 Å². The molecule has 12 heavy (non-hydrogen) atoms. The van der Waals surface area contributed by atoms with Crippen LogP contribution in [0.5, 0.6) is 0 Å². The van der Waals surface area contributed by atoms with Crippen LogP contribution >= 0.6 is 0 Å². The third-order valence-corrected chi connectivity index (χ3v) is 1.89. The fourth-order valence-electron chi connectivity index (χ4n) is 1.15. The van der Waals surface area contributed by atoms with Crippen molar-refractivity contribution in [1.29, 1.82) is 0 Å². The van der Waals surface area contributed by atoms with Crippen molar-refractivity contribution in [2.24, 2.45) is 0 Å². The molecule has 0 aliphatic carbocycles. The summed E-state index contributed by atoms with van der Waals surface area (Å²) in [6, 6.07) is 0.392. The number of rotatable bonds is 7. The maximum absolute atomic E-state index is 11.8. The summed E-state index contributed by atoms with van der Waals surface area (Å²) in [6.07, 6.45) is 1.12. The molecule has 0 saturated carbocycles. The number of hydrogen-bond acceptors (Lipinski definition) is 1. The molecule has 0 aromatic rings. The Kier molecular flexibility index (Phi) is 7.36. The molecule has 0 unspecified atom stereocenters. The van der Waals surface area contributed by atoms with Crippen LogP contribution in [0, 0.1) is 0 Å². The molecule has 3 heteroatoms. The van der Waals surface area contributed by atoms with Gasteiger partial charge in [-0.1, -0.05) is 0 Å². The van der Waals surface area contributed by atoms with Crippen LogP contribution in [0.1, 0.15) is 26.7 Å². The van der Waals surface area contributed by atoms with Gasteiger partial charge in [-0.15, -0.1) is 0 Å². The minimum atomic E-state index is -0.279. The molecule has 0 aromatic carbocycles. The molecular formula is C9H19F2N. The third-order valence-electron chi connectivity index (χ3n) is 1.89. The molecule has 0 amide bonds. The topological polar surface area (TPSA) is 3.24 Å². The molecule has 0 saturated heterocycles. The number of halogens is 2. The lowest BCUT2D eigenvalue weighted by Gasteiger charge is -2.25. The van der Waals surface area contributed by atoms with E-state index in [4.69, 9.17) is 0 Å². The van der Waals surface area contributed by atoms with E-state index in [1.54, 1.807) is 0 Å². The molecule has 0 spiro atoms. The van der Waals surface area contributed by atoms with Gasteiger partial charge in [-0.05, 0) is 26.7 Å². The van der Waals surface area contributed by atoms with Gasteiger partial charge in [-0.25, -0.2) is 0 Å². The van der Waals surface area contributed by atoms with Crippen molar-refractivity contribution >= 4 is 0 Å². The second-order valence-electron chi connectivity index (χ2n) is 3.21. The molecule has 0 radical (unpaired) electrons. The van der Waals surface area contributed by atoms with E-state index in [-0.39, 0.29) is 13.3 Å². The highest BCUT2D eigenvalue weighted by molar-refractivity contribution is 4.62. The molecule has 74 valence electrons. The zero-order chi connectivity index (χ0) is 9.40. The lowest BCUT2D eigenvalue weighted by Crippen LogP contribution is -2.33. The highest BCUT2D eigenvalue weighted by Crippen LogP contribution is 2.01. The maximum atomic E-state index is 11.8. The summed E-state index contributed by atoms with van der Waals surface area (Å²) < 4.78 is 23.7. The van der Waals surface area contributed by atoms with Crippen molar-refractivity contribution in [2.45, 2.75) is 32.7 Å². The van der Waals surface area contributed by atoms with Gasteiger partial charge in [0, 0.05) is 19.1 Å². The predicted molar refractivity (Wildman–Crippen MR) is 47.9 cm³/mol. The van der Waals surface area contributed by atoms with Crippen molar-refractivity contribution in [3.8, 4) is 0 Å². The Hall–Kier alpha value is -0.180. The Bertz CT molecular complexity index is 88.5. The van der Waals surface area contributed by atoms with Gasteiger partial charge in [0.15, 0.2) is 0 Å². The summed E-state index contributed by atoms with van der Waals surface area (Å²) in [5, 5.41) is 0. The fourth-order valence-corrected chi connectivity index (χ4v) is 1.15. The fraction of sp³-hybridized carbons (Fsp3) is 1.00. The van der Waals surface area contributed by atoms with E-state index in [1.165, 1.54) is 0 Å². The van der Waals surface area contributed by atoms with Gasteiger partial charge < -0.3 is 4.90 Å². The van der Waals surface area contributed by atoms with Gasteiger partial charge >= 0.3 is 0 Å². The van der Waals surface area contributed by atoms with Crippen LogP contribution in [0.4, 0.5) is 8.78 Å². The van der Waals surface area contributed by atoms with Crippen LogP contribution in [-0.4, -0.2) is 37.4 Å². The molecule has 0 aliphatic heterocycles. The third kappa shape index (κ3) is 5.47. The summed E-state index contributed by atoms with van der Waals surface area (Å²) >= 11 is 0. The minimum absolute atomic E-state index is 0.279. The van der Waals surface area contributed by atoms with E-state index in [2.05, 4.69) is 18.7 Å². The van der Waals surface area contributed by atoms with Crippen LogP contribution in [-0.2, 0) is 0 Å². The van der Waals surface area contributed by atoms with E-state index in [9.17, 15) is 8.78 Å². The summed E-state index contributed by atoms with van der Waals surface area (Å²) in [5.41, 5.74) is 0. The Balaban J connectivity index is 3.55. The van der Waals surface area contributed by atoms with E-state index in [0.717, 1.165) is 13.1 Å². The Morgan fingerprint density at radius 2 is 1.42 bits per heavy atom. The molecular weight excluding hydrogens is 160 g/mol. The zero-order valence-electron chi connectivity index (χ0n) is 8.02. The Morgan fingerprint density at radius 3 is 1.67 bits per heavy atom. The van der Waals surface area contributed by atoms with Crippen LogP contribution in [0.25, 0.3) is 0 Å². The molecule has 0 fully saturated rings. The Labute approximate surface area is 73.7 Å². The van der Waals surface area contributed by atoms with E-state index in [1.807, 2.05) is 0 Å². The van der Waals surface area contributed by atoms with Gasteiger partial charge in [0.25, 0.3) is 0 Å². The second kappa shape index (κ2) is 7.47. The zero-order valence-corrected chi connectivity index (χ0v) is 8.02. The maximum Gasteiger partial charge on any atom is 0.0906 e. The van der Waals surface area contributed by atoms with Crippen LogP contribution < -0.4 is 0 Å². The first-order valence-corrected chi connectivity index (χ1v) is 4.58. The lowest BCUT2D eigenvalue weighted by molar-refractivity contribution is 0.202. The molecule has 0 rings (SSSR count). The largest absolute Gasteiger partial charge is 0.301 e. The molecule has 0 N–H and O–H groups in total. The van der Waals surface area contributed by atoms with Crippen LogP contribution in [0.3, 0.4) is 0 Å². The highest BCUT2D eigenvalue weighted by Gasteiger charge is 2.07. The first-order chi connectivity index (χ1) is 5.72. The predicted octanol–water partition coefficient (Wildman–Crippen LogP) is 2.42. The summed E-state index contributed by atoms with van der Waals surface area (Å²) in [7, 11) is 0. The highest BCUT2D eigenvalue weighted by atomic mass is 19.1. The van der Waals surface area contributed by atoms with Crippen molar-refractivity contribution < 1.29 is 8.78 Å². The van der Waals surface area contributed by atoms with Gasteiger partial charge in [-0.3, -0.25) is 8.78 Å². The summed E-state index contributed by atoms with van der Waals surface area (Å²) in [6.45, 7) is 5.03. The Morgan fingerprint density at radius 1 is 1.00 bits per heavy atom. The molecule has 0 heterocycles. The first kappa shape index (κ1) is 11.8. The SMILES string of the molecule is CC(C)N(CCCF)CCCF. The average Bonchev–Trinajstić information content (AvgIpc) is 2.04. The smallest absolute Gasteiger partial charge is 0.0906 e. The van der Waals surface area contributed by atoms with Crippen molar-refractivity contribution in [3.63, 3.8) is 0 Å². The average molecular weight is 179 g/mol. The normalized spacial score (nSPS) is 11.5. The van der Waals surface area contributed by atoms with Crippen LogP contribution in [0.15, 0.2) is 0 Å². The monoisotopic (exact) mass is 179 g/mol. The molecule has 1 nitrogen and oxygen atoms in total. The van der Waals surface area contributed by atoms with Crippen molar-refractivity contribution in [1.82, 2.24) is 4.90 Å². The molecule has 0 atom stereocenters. The first-order valence-electron chi connectivity index (χ1n) is 4.58. The van der Waals surface area contributed by atoms with Gasteiger partial charge in [0.2, 0.25) is 0 Å². The lowest BCUT2D eigenvalue weighted by atomic mass is 10.2. The van der Waals surface area contributed by atoms with E-state index < -0.39 is 0 Å². The number of hydrogen-bond donors (Lipinski definition) is 0. The second-order valence-corrected chi connectivity index (χ2v) is 3.21. The van der Waals surface area contributed by atoms with E-state index >= 15 is 0 Å². The standard InChI is InChI=1S/C9H19F2N/c1-9(2)12(7-3-5-10)8-4-6-11/h9H,3-8H2,1-2H3.